The number of rotatable bonds is 2. The van der Waals surface area contributed by atoms with E-state index >= 15 is 0 Å². The molecule has 1 heterocycles. The van der Waals surface area contributed by atoms with Crippen molar-refractivity contribution in [2.75, 3.05) is 17.2 Å². The lowest BCUT2D eigenvalue weighted by Crippen LogP contribution is -2.40. The maximum Gasteiger partial charge on any atom is 0.251 e. The molecule has 6 heteroatoms. The van der Waals surface area contributed by atoms with Gasteiger partial charge in [0.2, 0.25) is 5.91 Å². The highest BCUT2D eigenvalue weighted by Crippen LogP contribution is 2.26. The largest absolute Gasteiger partial charge is 0.374 e. The second-order valence-electron chi connectivity index (χ2n) is 5.75. The summed E-state index contributed by atoms with van der Waals surface area (Å²) in [6, 6.07) is 5.76. The Balaban J connectivity index is 1.67. The molecule has 21 heavy (non-hydrogen) atoms. The van der Waals surface area contributed by atoms with Gasteiger partial charge in [0.15, 0.2) is 0 Å². The number of amides is 2. The first-order chi connectivity index (χ1) is 10.1. The molecule has 1 aliphatic heterocycles. The van der Waals surface area contributed by atoms with Gasteiger partial charge < -0.3 is 21.7 Å². The van der Waals surface area contributed by atoms with Gasteiger partial charge in [-0.15, -0.1) is 0 Å². The molecule has 3 rings (SSSR count). The smallest absolute Gasteiger partial charge is 0.251 e. The Morgan fingerprint density at radius 2 is 1.95 bits per heavy atom. The summed E-state index contributed by atoms with van der Waals surface area (Å²) < 4.78 is 0. The van der Waals surface area contributed by atoms with Crippen LogP contribution >= 0.6 is 0 Å². The highest BCUT2D eigenvalue weighted by Gasteiger charge is 2.21. The Morgan fingerprint density at radius 1 is 1.19 bits per heavy atom. The fourth-order valence-corrected chi connectivity index (χ4v) is 2.85. The van der Waals surface area contributed by atoms with Crippen LogP contribution in [0.4, 0.5) is 11.4 Å². The number of hydrogen-bond donors (Lipinski definition) is 4. The molecular formula is C15H20N4O2. The van der Waals surface area contributed by atoms with Crippen molar-refractivity contribution in [3.8, 4) is 0 Å². The molecule has 1 aliphatic carbocycles. The van der Waals surface area contributed by atoms with E-state index < -0.39 is 0 Å². The normalized spacial score (nSPS) is 24.5. The number of nitrogens with two attached hydrogens (primary N) is 1. The summed E-state index contributed by atoms with van der Waals surface area (Å²) in [5, 5.41) is 8.82. The van der Waals surface area contributed by atoms with Gasteiger partial charge in [-0.3, -0.25) is 9.59 Å². The van der Waals surface area contributed by atoms with Crippen LogP contribution in [-0.2, 0) is 4.79 Å². The average Bonchev–Trinajstić information content (AvgIpc) is 2.48. The Hall–Kier alpha value is -2.08. The van der Waals surface area contributed by atoms with Crippen molar-refractivity contribution in [3.05, 3.63) is 23.8 Å². The quantitative estimate of drug-likeness (QED) is 0.654. The third kappa shape index (κ3) is 3.16. The summed E-state index contributed by atoms with van der Waals surface area (Å²) in [5.74, 6) is -0.195. The highest BCUT2D eigenvalue weighted by molar-refractivity contribution is 6.03. The number of anilines is 2. The van der Waals surface area contributed by atoms with Crippen molar-refractivity contribution in [1.82, 2.24) is 5.32 Å². The molecule has 0 bridgehead atoms. The lowest BCUT2D eigenvalue weighted by Gasteiger charge is -2.27. The number of hydrogen-bond acceptors (Lipinski definition) is 4. The minimum atomic E-state index is -0.0990. The number of carbonyl (C=O) groups is 2. The minimum Gasteiger partial charge on any atom is -0.374 e. The zero-order chi connectivity index (χ0) is 14.8. The van der Waals surface area contributed by atoms with Gasteiger partial charge >= 0.3 is 0 Å². The zero-order valence-corrected chi connectivity index (χ0v) is 11.8. The molecule has 0 unspecified atom stereocenters. The third-order valence-corrected chi connectivity index (χ3v) is 4.10. The van der Waals surface area contributed by atoms with Crippen LogP contribution in [-0.4, -0.2) is 30.4 Å². The topological polar surface area (TPSA) is 96.2 Å². The van der Waals surface area contributed by atoms with Crippen molar-refractivity contribution in [2.24, 2.45) is 5.73 Å². The molecule has 1 aromatic rings. The van der Waals surface area contributed by atoms with Crippen LogP contribution in [0.15, 0.2) is 18.2 Å². The summed E-state index contributed by atoms with van der Waals surface area (Å²) >= 11 is 0. The lowest BCUT2D eigenvalue weighted by molar-refractivity contribution is -0.114. The van der Waals surface area contributed by atoms with Gasteiger partial charge in [-0.1, -0.05) is 0 Å². The molecule has 2 amide bonds. The monoisotopic (exact) mass is 288 g/mol. The van der Waals surface area contributed by atoms with Crippen LogP contribution in [0.3, 0.4) is 0 Å². The van der Waals surface area contributed by atoms with E-state index in [1.165, 1.54) is 0 Å². The number of fused-ring (bicyclic) bond motifs is 1. The molecule has 1 aromatic carbocycles. The van der Waals surface area contributed by atoms with Crippen molar-refractivity contribution >= 4 is 23.2 Å². The summed E-state index contributed by atoms with van der Waals surface area (Å²) in [4.78, 5) is 23.7. The fourth-order valence-electron chi connectivity index (χ4n) is 2.85. The van der Waals surface area contributed by atoms with Crippen molar-refractivity contribution in [3.63, 3.8) is 0 Å². The first kappa shape index (κ1) is 13.9. The Kier molecular flexibility index (Phi) is 3.79. The molecule has 0 atom stereocenters. The van der Waals surface area contributed by atoms with E-state index in [0.717, 1.165) is 31.4 Å². The van der Waals surface area contributed by atoms with Crippen LogP contribution < -0.4 is 21.7 Å². The van der Waals surface area contributed by atoms with Crippen molar-refractivity contribution < 1.29 is 9.59 Å². The summed E-state index contributed by atoms with van der Waals surface area (Å²) in [6.45, 7) is 0.265. The average molecular weight is 288 g/mol. The molecule has 0 spiro atoms. The zero-order valence-electron chi connectivity index (χ0n) is 11.8. The van der Waals surface area contributed by atoms with Gasteiger partial charge in [-0.25, -0.2) is 0 Å². The van der Waals surface area contributed by atoms with Crippen LogP contribution in [0.5, 0.6) is 0 Å². The van der Waals surface area contributed by atoms with E-state index in [2.05, 4.69) is 16.0 Å². The molecule has 5 N–H and O–H groups in total. The first-order valence-electron chi connectivity index (χ1n) is 7.36. The molecule has 0 aromatic heterocycles. The fraction of sp³-hybridized carbons (Fsp3) is 0.467. The van der Waals surface area contributed by atoms with E-state index in [4.69, 9.17) is 5.73 Å². The second kappa shape index (κ2) is 5.73. The van der Waals surface area contributed by atoms with Crippen LogP contribution in [0.2, 0.25) is 0 Å². The van der Waals surface area contributed by atoms with E-state index in [9.17, 15) is 9.59 Å². The molecule has 0 saturated heterocycles. The lowest BCUT2D eigenvalue weighted by atomic mass is 9.91. The Morgan fingerprint density at radius 3 is 2.71 bits per heavy atom. The summed E-state index contributed by atoms with van der Waals surface area (Å²) in [6.07, 6.45) is 3.76. The van der Waals surface area contributed by atoms with Crippen molar-refractivity contribution in [1.29, 1.82) is 0 Å². The van der Waals surface area contributed by atoms with Crippen LogP contribution in [0.25, 0.3) is 0 Å². The maximum absolute atomic E-state index is 12.3. The Bertz CT molecular complexity index is 565. The van der Waals surface area contributed by atoms with Gasteiger partial charge in [-0.2, -0.15) is 0 Å². The molecule has 1 saturated carbocycles. The maximum atomic E-state index is 12.3. The predicted molar refractivity (Wildman–Crippen MR) is 81.3 cm³/mol. The highest BCUT2D eigenvalue weighted by atomic mass is 16.2. The number of benzene rings is 1. The third-order valence-electron chi connectivity index (χ3n) is 4.10. The van der Waals surface area contributed by atoms with E-state index in [-0.39, 0.29) is 30.4 Å². The van der Waals surface area contributed by atoms with Gasteiger partial charge in [0.1, 0.15) is 0 Å². The van der Waals surface area contributed by atoms with Gasteiger partial charge in [0.25, 0.3) is 5.91 Å². The van der Waals surface area contributed by atoms with Gasteiger partial charge in [0.05, 0.1) is 17.9 Å². The SMILES string of the molecule is N[C@H]1CC[C@H](NC(=O)c2ccc3c(c2)NC(=O)CN3)CC1. The summed E-state index contributed by atoms with van der Waals surface area (Å²) in [7, 11) is 0. The molecule has 0 radical (unpaired) electrons. The van der Waals surface area contributed by atoms with Crippen LogP contribution in [0, 0.1) is 0 Å². The molecule has 1 fully saturated rings. The molecular weight excluding hydrogens is 268 g/mol. The van der Waals surface area contributed by atoms with E-state index in [0.29, 0.717) is 11.3 Å². The minimum absolute atomic E-state index is 0.0960. The van der Waals surface area contributed by atoms with Gasteiger partial charge in [0, 0.05) is 17.6 Å². The number of nitrogens with one attached hydrogen (secondary N) is 3. The molecule has 2 aliphatic rings. The first-order valence-corrected chi connectivity index (χ1v) is 7.36. The van der Waals surface area contributed by atoms with Crippen LogP contribution in [0.1, 0.15) is 36.0 Å². The number of carbonyl (C=O) groups excluding carboxylic acids is 2. The van der Waals surface area contributed by atoms with E-state index in [1.54, 1.807) is 12.1 Å². The van der Waals surface area contributed by atoms with E-state index in [1.807, 2.05) is 6.07 Å². The standard InChI is InChI=1S/C15H20N4O2/c16-10-2-4-11(5-3-10)18-15(21)9-1-6-12-13(7-9)19-14(20)8-17-12/h1,6-7,10-11,17H,2-5,8,16H2,(H,18,21)(H,19,20)/t10-,11-. The Labute approximate surface area is 123 Å². The predicted octanol–water partition coefficient (Wildman–Crippen LogP) is 1.05. The second-order valence-corrected chi connectivity index (χ2v) is 5.75. The van der Waals surface area contributed by atoms with Crippen molar-refractivity contribution in [2.45, 2.75) is 37.8 Å². The van der Waals surface area contributed by atoms with Gasteiger partial charge in [-0.05, 0) is 43.9 Å². The molecule has 6 nitrogen and oxygen atoms in total. The summed E-state index contributed by atoms with van der Waals surface area (Å²) in [5.41, 5.74) is 7.93. The molecule has 112 valence electrons.